The zero-order chi connectivity index (χ0) is 26.6. The van der Waals surface area contributed by atoms with Gasteiger partial charge < -0.3 is 25.1 Å². The topological polar surface area (TPSA) is 70.7 Å². The standard InChI is InChI=1S/C29H35F2N3O3/c1-29(2,3)27(33-24(11-13-35)25-18-37-14-12-32-25)28(36)34-17-20(22-16-21(30)9-10-23(22)31)15-26(34)19-7-5-4-6-8-19/h4-10,13,15-16,24-27,32-33H,11-12,14,17-18H2,1-3H3/t24?,25?,26-,27+/m0/s1. The Kier molecular flexibility index (Phi) is 8.52. The monoisotopic (exact) mass is 511 g/mol. The van der Waals surface area contributed by atoms with Crippen molar-refractivity contribution in [2.45, 2.75) is 51.4 Å². The Morgan fingerprint density at radius 2 is 1.97 bits per heavy atom. The number of morpholine rings is 1. The Balaban J connectivity index is 1.67. The second kappa shape index (κ2) is 11.6. The first kappa shape index (κ1) is 27.1. The van der Waals surface area contributed by atoms with Crippen LogP contribution < -0.4 is 10.6 Å². The minimum Gasteiger partial charge on any atom is -0.378 e. The van der Waals surface area contributed by atoms with Crippen LogP contribution in [0.1, 0.15) is 44.4 Å². The van der Waals surface area contributed by atoms with Crippen molar-refractivity contribution in [2.75, 3.05) is 26.3 Å². The summed E-state index contributed by atoms with van der Waals surface area (Å²) in [4.78, 5) is 27.5. The van der Waals surface area contributed by atoms with E-state index in [2.05, 4.69) is 10.6 Å². The van der Waals surface area contributed by atoms with Crippen molar-refractivity contribution in [1.29, 1.82) is 0 Å². The Bertz CT molecular complexity index is 1130. The number of amides is 1. The summed E-state index contributed by atoms with van der Waals surface area (Å²) < 4.78 is 34.3. The van der Waals surface area contributed by atoms with Gasteiger partial charge in [-0.2, -0.15) is 0 Å². The quantitative estimate of drug-likeness (QED) is 0.527. The largest absolute Gasteiger partial charge is 0.378 e. The molecule has 4 rings (SSSR count). The van der Waals surface area contributed by atoms with Crippen molar-refractivity contribution < 1.29 is 23.1 Å². The van der Waals surface area contributed by atoms with Crippen LogP contribution in [0.5, 0.6) is 0 Å². The van der Waals surface area contributed by atoms with Crippen molar-refractivity contribution in [3.05, 3.63) is 77.4 Å². The molecule has 1 amide bonds. The minimum atomic E-state index is -0.641. The molecule has 0 aliphatic carbocycles. The van der Waals surface area contributed by atoms with Gasteiger partial charge in [-0.05, 0) is 34.8 Å². The van der Waals surface area contributed by atoms with Crippen LogP contribution in [0.25, 0.3) is 5.57 Å². The van der Waals surface area contributed by atoms with E-state index in [4.69, 9.17) is 4.74 Å². The number of rotatable bonds is 8. The lowest BCUT2D eigenvalue weighted by molar-refractivity contribution is -0.137. The molecule has 6 nitrogen and oxygen atoms in total. The Morgan fingerprint density at radius 3 is 2.62 bits per heavy atom. The number of carbonyl (C=O) groups excluding carboxylic acids is 2. The molecule has 198 valence electrons. The van der Waals surface area contributed by atoms with Crippen LogP contribution in [-0.2, 0) is 14.3 Å². The van der Waals surface area contributed by atoms with Crippen LogP contribution in [0.3, 0.4) is 0 Å². The summed E-state index contributed by atoms with van der Waals surface area (Å²) in [5.41, 5.74) is 1.08. The molecule has 37 heavy (non-hydrogen) atoms. The van der Waals surface area contributed by atoms with E-state index in [1.165, 1.54) is 6.07 Å². The van der Waals surface area contributed by atoms with Gasteiger partial charge in [0, 0.05) is 37.2 Å². The molecule has 2 aromatic carbocycles. The molecule has 0 spiro atoms. The third kappa shape index (κ3) is 6.32. The summed E-state index contributed by atoms with van der Waals surface area (Å²) in [5, 5.41) is 6.85. The number of carbonyl (C=O) groups is 2. The van der Waals surface area contributed by atoms with Crippen LogP contribution in [0, 0.1) is 17.0 Å². The van der Waals surface area contributed by atoms with Crippen LogP contribution in [-0.4, -0.2) is 61.5 Å². The predicted molar refractivity (Wildman–Crippen MR) is 139 cm³/mol. The SMILES string of the molecule is CC(C)(C)[C@H](NC(CC=O)C1COCCN1)C(=O)N1CC(c2cc(F)ccc2F)=C[C@H]1c1ccccc1. The fourth-order valence-electron chi connectivity index (χ4n) is 5.04. The van der Waals surface area contributed by atoms with E-state index in [-0.39, 0.29) is 36.5 Å². The number of benzene rings is 2. The molecule has 2 unspecified atom stereocenters. The fraction of sp³-hybridized carbons (Fsp3) is 0.448. The van der Waals surface area contributed by atoms with Gasteiger partial charge in [-0.1, -0.05) is 57.2 Å². The van der Waals surface area contributed by atoms with Crippen molar-refractivity contribution >= 4 is 17.8 Å². The van der Waals surface area contributed by atoms with E-state index < -0.39 is 29.1 Å². The van der Waals surface area contributed by atoms with Gasteiger partial charge in [-0.25, -0.2) is 8.78 Å². The first-order chi connectivity index (χ1) is 17.7. The zero-order valence-corrected chi connectivity index (χ0v) is 21.5. The molecule has 0 bridgehead atoms. The number of hydrogen-bond acceptors (Lipinski definition) is 5. The maximum atomic E-state index is 14.7. The summed E-state index contributed by atoms with van der Waals surface area (Å²) in [6.45, 7) is 7.76. The number of aldehydes is 1. The highest BCUT2D eigenvalue weighted by molar-refractivity contribution is 5.87. The molecule has 8 heteroatoms. The molecule has 0 aromatic heterocycles. The third-order valence-electron chi connectivity index (χ3n) is 7.01. The third-order valence-corrected chi connectivity index (χ3v) is 7.01. The molecule has 0 saturated carbocycles. The normalized spacial score (nSPS) is 21.9. The number of hydrogen-bond donors (Lipinski definition) is 2. The molecule has 2 aliphatic rings. The molecule has 1 saturated heterocycles. The van der Waals surface area contributed by atoms with Crippen molar-refractivity contribution in [2.24, 2.45) is 5.41 Å². The molecule has 2 aromatic rings. The van der Waals surface area contributed by atoms with Gasteiger partial charge in [-0.15, -0.1) is 0 Å². The first-order valence-electron chi connectivity index (χ1n) is 12.7. The number of nitrogens with zero attached hydrogens (tertiary/aromatic N) is 1. The average Bonchev–Trinajstić information content (AvgIpc) is 3.33. The molecule has 2 aliphatic heterocycles. The first-order valence-corrected chi connectivity index (χ1v) is 12.7. The van der Waals surface area contributed by atoms with Gasteiger partial charge in [0.05, 0.1) is 25.3 Å². The van der Waals surface area contributed by atoms with Gasteiger partial charge in [0.2, 0.25) is 5.91 Å². The van der Waals surface area contributed by atoms with E-state index in [0.29, 0.717) is 25.3 Å². The lowest BCUT2D eigenvalue weighted by Crippen LogP contribution is -2.62. The summed E-state index contributed by atoms with van der Waals surface area (Å²) >= 11 is 0. The molecule has 2 N–H and O–H groups in total. The summed E-state index contributed by atoms with van der Waals surface area (Å²) in [6, 6.07) is 11.4. The van der Waals surface area contributed by atoms with Gasteiger partial charge >= 0.3 is 0 Å². The van der Waals surface area contributed by atoms with Crippen LogP contribution in [0.2, 0.25) is 0 Å². The Labute approximate surface area is 217 Å². The number of ether oxygens (including phenoxy) is 1. The van der Waals surface area contributed by atoms with Gasteiger partial charge in [0.25, 0.3) is 0 Å². The van der Waals surface area contributed by atoms with Crippen LogP contribution >= 0.6 is 0 Å². The van der Waals surface area contributed by atoms with Crippen molar-refractivity contribution in [3.63, 3.8) is 0 Å². The summed E-state index contributed by atoms with van der Waals surface area (Å²) in [6.07, 6.45) is 2.92. The van der Waals surface area contributed by atoms with Crippen LogP contribution in [0.4, 0.5) is 8.78 Å². The van der Waals surface area contributed by atoms with Crippen molar-refractivity contribution in [3.8, 4) is 0 Å². The highest BCUT2D eigenvalue weighted by Gasteiger charge is 2.41. The second-order valence-electron chi connectivity index (χ2n) is 10.7. The smallest absolute Gasteiger partial charge is 0.241 e. The zero-order valence-electron chi connectivity index (χ0n) is 21.5. The highest BCUT2D eigenvalue weighted by Crippen LogP contribution is 2.37. The minimum absolute atomic E-state index is 0.116. The molecule has 0 radical (unpaired) electrons. The lowest BCUT2D eigenvalue weighted by atomic mass is 9.84. The molecule has 4 atom stereocenters. The maximum absolute atomic E-state index is 14.7. The highest BCUT2D eigenvalue weighted by atomic mass is 19.1. The second-order valence-corrected chi connectivity index (χ2v) is 10.7. The predicted octanol–water partition coefficient (Wildman–Crippen LogP) is 3.88. The molecule has 1 fully saturated rings. The van der Waals surface area contributed by atoms with E-state index in [1.807, 2.05) is 57.2 Å². The molecule has 2 heterocycles. The average molecular weight is 512 g/mol. The summed E-state index contributed by atoms with van der Waals surface area (Å²) in [7, 11) is 0. The van der Waals surface area contributed by atoms with Crippen LogP contribution in [0.15, 0.2) is 54.6 Å². The molecular formula is C29H35F2N3O3. The van der Waals surface area contributed by atoms with Gasteiger partial charge in [0.1, 0.15) is 17.9 Å². The van der Waals surface area contributed by atoms with E-state index in [0.717, 1.165) is 24.0 Å². The lowest BCUT2D eigenvalue weighted by Gasteiger charge is -2.40. The molecular weight excluding hydrogens is 476 g/mol. The number of nitrogens with one attached hydrogen (secondary N) is 2. The maximum Gasteiger partial charge on any atom is 0.241 e. The van der Waals surface area contributed by atoms with E-state index in [1.54, 1.807) is 4.90 Å². The van der Waals surface area contributed by atoms with E-state index in [9.17, 15) is 18.4 Å². The summed E-state index contributed by atoms with van der Waals surface area (Å²) in [5.74, 6) is -1.24. The fourth-order valence-corrected chi connectivity index (χ4v) is 5.04. The Hall–Kier alpha value is -2.94. The number of halogens is 2. The van der Waals surface area contributed by atoms with Gasteiger partial charge in [-0.3, -0.25) is 4.79 Å². The van der Waals surface area contributed by atoms with Crippen molar-refractivity contribution in [1.82, 2.24) is 15.5 Å². The van der Waals surface area contributed by atoms with Gasteiger partial charge in [0.15, 0.2) is 0 Å². The van der Waals surface area contributed by atoms with E-state index >= 15 is 0 Å². The Morgan fingerprint density at radius 1 is 1.22 bits per heavy atom.